The lowest BCUT2D eigenvalue weighted by molar-refractivity contribution is 0.102. The number of rotatable bonds is 4. The van der Waals surface area contributed by atoms with E-state index in [9.17, 15) is 9.18 Å². The van der Waals surface area contributed by atoms with Crippen molar-refractivity contribution < 1.29 is 9.18 Å². The summed E-state index contributed by atoms with van der Waals surface area (Å²) in [5.74, 6) is -0.206. The molecule has 1 fully saturated rings. The Bertz CT molecular complexity index is 910. The molecule has 0 radical (unpaired) electrons. The molecule has 1 aliphatic carbocycles. The van der Waals surface area contributed by atoms with Crippen molar-refractivity contribution in [3.8, 4) is 0 Å². The van der Waals surface area contributed by atoms with Gasteiger partial charge in [0.1, 0.15) is 5.82 Å². The molecule has 1 amide bonds. The lowest BCUT2D eigenvalue weighted by atomic mass is 10.1. The van der Waals surface area contributed by atoms with Crippen LogP contribution in [0, 0.1) is 11.7 Å². The van der Waals surface area contributed by atoms with Gasteiger partial charge in [0.05, 0.1) is 16.3 Å². The third kappa shape index (κ3) is 2.78. The Labute approximate surface area is 144 Å². The predicted octanol–water partition coefficient (Wildman–Crippen LogP) is 5.10. The molecule has 0 atom stereocenters. The second-order valence-electron chi connectivity index (χ2n) is 6.21. The van der Waals surface area contributed by atoms with E-state index in [1.807, 2.05) is 30.5 Å². The zero-order valence-electron chi connectivity index (χ0n) is 12.9. The lowest BCUT2D eigenvalue weighted by Gasteiger charge is -2.07. The number of nitrogens with zero attached hydrogens (tertiary/aromatic N) is 1. The van der Waals surface area contributed by atoms with Crippen LogP contribution in [0.1, 0.15) is 23.2 Å². The van der Waals surface area contributed by atoms with Crippen LogP contribution in [0.3, 0.4) is 0 Å². The highest BCUT2D eigenvalue weighted by Gasteiger charge is 2.24. The first-order valence-corrected chi connectivity index (χ1v) is 8.34. The van der Waals surface area contributed by atoms with Crippen molar-refractivity contribution in [1.29, 1.82) is 0 Å². The molecule has 5 heteroatoms. The Morgan fingerprint density at radius 1 is 1.21 bits per heavy atom. The first kappa shape index (κ1) is 15.2. The molecule has 0 unspecified atom stereocenters. The van der Waals surface area contributed by atoms with Gasteiger partial charge in [-0.05, 0) is 37.0 Å². The molecule has 122 valence electrons. The van der Waals surface area contributed by atoms with Gasteiger partial charge in [-0.1, -0.05) is 35.9 Å². The Hall–Kier alpha value is -2.33. The zero-order chi connectivity index (χ0) is 16.7. The molecule has 1 aromatic heterocycles. The standard InChI is InChI=1S/C19H16ClFN2O/c20-15-5-3-6-16(21)18(15)22-19(24)14-11-23(10-12-8-9-12)17-7-2-1-4-13(14)17/h1-7,11-12H,8-10H2,(H,22,24). The first-order valence-electron chi connectivity index (χ1n) is 7.96. The van der Waals surface area contributed by atoms with Crippen molar-refractivity contribution >= 4 is 34.1 Å². The number of halogens is 2. The monoisotopic (exact) mass is 342 g/mol. The van der Waals surface area contributed by atoms with Gasteiger partial charge in [0.2, 0.25) is 0 Å². The summed E-state index contributed by atoms with van der Waals surface area (Å²) in [6.45, 7) is 0.911. The van der Waals surface area contributed by atoms with Gasteiger partial charge in [0, 0.05) is 23.6 Å². The van der Waals surface area contributed by atoms with Crippen molar-refractivity contribution in [3.05, 3.63) is 65.1 Å². The number of para-hydroxylation sites is 2. The van der Waals surface area contributed by atoms with Crippen LogP contribution in [0.15, 0.2) is 48.7 Å². The highest BCUT2D eigenvalue weighted by Crippen LogP contribution is 2.33. The first-order chi connectivity index (χ1) is 11.6. The van der Waals surface area contributed by atoms with Gasteiger partial charge in [0.15, 0.2) is 0 Å². The minimum atomic E-state index is -0.544. The molecule has 0 saturated heterocycles. The third-order valence-corrected chi connectivity index (χ3v) is 4.70. The summed E-state index contributed by atoms with van der Waals surface area (Å²) in [5.41, 5.74) is 1.57. The fourth-order valence-corrected chi connectivity index (χ4v) is 3.17. The molecular weight excluding hydrogens is 327 g/mol. The number of nitrogens with one attached hydrogen (secondary N) is 1. The summed E-state index contributed by atoms with van der Waals surface area (Å²) in [5, 5.41) is 3.66. The van der Waals surface area contributed by atoms with Crippen molar-refractivity contribution in [1.82, 2.24) is 4.57 Å². The molecule has 24 heavy (non-hydrogen) atoms. The van der Waals surface area contributed by atoms with E-state index in [2.05, 4.69) is 9.88 Å². The van der Waals surface area contributed by atoms with E-state index in [1.165, 1.54) is 25.0 Å². The molecule has 1 saturated carbocycles. The second kappa shape index (κ2) is 5.95. The maximum absolute atomic E-state index is 13.9. The van der Waals surface area contributed by atoms with E-state index in [4.69, 9.17) is 11.6 Å². The van der Waals surface area contributed by atoms with Crippen molar-refractivity contribution in [2.24, 2.45) is 5.92 Å². The summed E-state index contributed by atoms with van der Waals surface area (Å²) >= 11 is 6.00. The van der Waals surface area contributed by atoms with Crippen LogP contribution in [0.2, 0.25) is 5.02 Å². The van der Waals surface area contributed by atoms with Gasteiger partial charge in [-0.2, -0.15) is 0 Å². The van der Waals surface area contributed by atoms with E-state index in [-0.39, 0.29) is 16.6 Å². The van der Waals surface area contributed by atoms with E-state index in [0.29, 0.717) is 11.5 Å². The molecule has 1 aliphatic rings. The topological polar surface area (TPSA) is 34.0 Å². The van der Waals surface area contributed by atoms with E-state index in [1.54, 1.807) is 6.07 Å². The summed E-state index contributed by atoms with van der Waals surface area (Å²) in [6, 6.07) is 12.1. The third-order valence-electron chi connectivity index (χ3n) is 4.39. The molecule has 3 aromatic rings. The minimum Gasteiger partial charge on any atom is -0.346 e. The van der Waals surface area contributed by atoms with E-state index >= 15 is 0 Å². The van der Waals surface area contributed by atoms with Crippen LogP contribution in [-0.2, 0) is 6.54 Å². The van der Waals surface area contributed by atoms with Gasteiger partial charge < -0.3 is 9.88 Å². The molecule has 0 spiro atoms. The maximum Gasteiger partial charge on any atom is 0.257 e. The number of carbonyl (C=O) groups is 1. The lowest BCUT2D eigenvalue weighted by Crippen LogP contribution is -2.13. The van der Waals surface area contributed by atoms with Crippen LogP contribution in [0.4, 0.5) is 10.1 Å². The zero-order valence-corrected chi connectivity index (χ0v) is 13.7. The Balaban J connectivity index is 1.71. The van der Waals surface area contributed by atoms with Crippen molar-refractivity contribution in [2.45, 2.75) is 19.4 Å². The van der Waals surface area contributed by atoms with Crippen molar-refractivity contribution in [3.63, 3.8) is 0 Å². The number of hydrogen-bond acceptors (Lipinski definition) is 1. The van der Waals surface area contributed by atoms with E-state index in [0.717, 1.165) is 17.4 Å². The van der Waals surface area contributed by atoms with Crippen LogP contribution in [0.5, 0.6) is 0 Å². The number of anilines is 1. The number of aromatic nitrogens is 1. The van der Waals surface area contributed by atoms with Crippen LogP contribution in [-0.4, -0.2) is 10.5 Å². The molecule has 4 rings (SSSR count). The number of fused-ring (bicyclic) bond motifs is 1. The molecule has 1 heterocycles. The van der Waals surface area contributed by atoms with E-state index < -0.39 is 5.82 Å². The molecule has 0 aliphatic heterocycles. The highest BCUT2D eigenvalue weighted by molar-refractivity contribution is 6.34. The van der Waals surface area contributed by atoms with Gasteiger partial charge >= 0.3 is 0 Å². The van der Waals surface area contributed by atoms with Crippen molar-refractivity contribution in [2.75, 3.05) is 5.32 Å². The fourth-order valence-electron chi connectivity index (χ4n) is 2.96. The normalized spacial score (nSPS) is 14.1. The number of amides is 1. The highest BCUT2D eigenvalue weighted by atomic mass is 35.5. The predicted molar refractivity (Wildman–Crippen MR) is 94.0 cm³/mol. The molecule has 1 N–H and O–H groups in total. The smallest absolute Gasteiger partial charge is 0.257 e. The average Bonchev–Trinajstić information content (AvgIpc) is 3.31. The molecular formula is C19H16ClFN2O. The maximum atomic E-state index is 13.9. The number of carbonyl (C=O) groups excluding carboxylic acids is 1. The van der Waals surface area contributed by atoms with Crippen LogP contribution in [0.25, 0.3) is 10.9 Å². The summed E-state index contributed by atoms with van der Waals surface area (Å²) in [6.07, 6.45) is 4.32. The molecule has 3 nitrogen and oxygen atoms in total. The Morgan fingerprint density at radius 3 is 2.75 bits per heavy atom. The Kier molecular flexibility index (Phi) is 3.77. The van der Waals surface area contributed by atoms with Crippen LogP contribution < -0.4 is 5.32 Å². The van der Waals surface area contributed by atoms with Crippen LogP contribution >= 0.6 is 11.6 Å². The molecule has 0 bridgehead atoms. The summed E-state index contributed by atoms with van der Waals surface area (Å²) in [7, 11) is 0. The number of hydrogen-bond donors (Lipinski definition) is 1. The second-order valence-corrected chi connectivity index (χ2v) is 6.61. The Morgan fingerprint density at radius 2 is 2.00 bits per heavy atom. The fraction of sp³-hybridized carbons (Fsp3) is 0.211. The van der Waals surface area contributed by atoms with Gasteiger partial charge in [-0.3, -0.25) is 4.79 Å². The van der Waals surface area contributed by atoms with Gasteiger partial charge in [-0.25, -0.2) is 4.39 Å². The van der Waals surface area contributed by atoms with Gasteiger partial charge in [-0.15, -0.1) is 0 Å². The van der Waals surface area contributed by atoms with Gasteiger partial charge in [0.25, 0.3) is 5.91 Å². The SMILES string of the molecule is O=C(Nc1c(F)cccc1Cl)c1cn(CC2CC2)c2ccccc12. The average molecular weight is 343 g/mol. The number of benzene rings is 2. The largest absolute Gasteiger partial charge is 0.346 e. The summed E-state index contributed by atoms with van der Waals surface area (Å²) in [4.78, 5) is 12.7. The quantitative estimate of drug-likeness (QED) is 0.703. The molecule has 2 aromatic carbocycles. The summed E-state index contributed by atoms with van der Waals surface area (Å²) < 4.78 is 16.0. The minimum absolute atomic E-state index is 0.0168.